The molecule has 18 heavy (non-hydrogen) atoms. The average Bonchev–Trinajstić information content (AvgIpc) is 2.76. The molecule has 1 aromatic carbocycles. The van der Waals surface area contributed by atoms with Gasteiger partial charge in [0.1, 0.15) is 6.07 Å². The molecule has 0 aliphatic rings. The van der Waals surface area contributed by atoms with Crippen LogP contribution < -0.4 is 5.32 Å². The van der Waals surface area contributed by atoms with Crippen LogP contribution in [0.5, 0.6) is 0 Å². The van der Waals surface area contributed by atoms with Gasteiger partial charge in [-0.15, -0.1) is 0 Å². The number of carbonyl (C=O) groups is 1. The molecule has 0 fully saturated rings. The van der Waals surface area contributed by atoms with Crippen molar-refractivity contribution in [3.63, 3.8) is 0 Å². The van der Waals surface area contributed by atoms with E-state index in [1.54, 1.807) is 6.07 Å². The molecule has 1 heterocycles. The van der Waals surface area contributed by atoms with Crippen molar-refractivity contribution in [3.05, 3.63) is 51.2 Å². The molecule has 90 valence electrons. The lowest BCUT2D eigenvalue weighted by atomic mass is 10.1. The second-order valence-corrected chi connectivity index (χ2v) is 4.78. The number of nitriles is 1. The van der Waals surface area contributed by atoms with Gasteiger partial charge in [0.15, 0.2) is 0 Å². The Morgan fingerprint density at radius 1 is 1.28 bits per heavy atom. The number of hydrogen-bond donors (Lipinski definition) is 1. The fraction of sp³-hybridized carbons (Fsp3) is 0.143. The van der Waals surface area contributed by atoms with Crippen LogP contribution in [0.1, 0.15) is 27.0 Å². The summed E-state index contributed by atoms with van der Waals surface area (Å²) in [6, 6.07) is 7.54. The largest absolute Gasteiger partial charge is 0.321 e. The van der Waals surface area contributed by atoms with Gasteiger partial charge in [0.25, 0.3) is 5.91 Å². The third kappa shape index (κ3) is 2.27. The van der Waals surface area contributed by atoms with E-state index in [4.69, 9.17) is 5.26 Å². The zero-order chi connectivity index (χ0) is 13.1. The summed E-state index contributed by atoms with van der Waals surface area (Å²) in [6.07, 6.45) is 0. The molecule has 1 aromatic heterocycles. The normalized spacial score (nSPS) is 9.83. The highest BCUT2D eigenvalue weighted by Gasteiger charge is 2.12. The molecular formula is C14H12N2OS. The Morgan fingerprint density at radius 3 is 2.67 bits per heavy atom. The van der Waals surface area contributed by atoms with Gasteiger partial charge in [-0.05, 0) is 36.4 Å². The van der Waals surface area contributed by atoms with Gasteiger partial charge in [0, 0.05) is 5.38 Å². The molecule has 0 saturated heterocycles. The van der Waals surface area contributed by atoms with Crippen molar-refractivity contribution in [2.45, 2.75) is 13.8 Å². The minimum Gasteiger partial charge on any atom is -0.321 e. The van der Waals surface area contributed by atoms with Crippen LogP contribution in [0.25, 0.3) is 0 Å². The van der Waals surface area contributed by atoms with Gasteiger partial charge in [-0.3, -0.25) is 4.79 Å². The van der Waals surface area contributed by atoms with Crippen LogP contribution in [0.2, 0.25) is 0 Å². The third-order valence-corrected chi connectivity index (χ3v) is 3.59. The van der Waals surface area contributed by atoms with Gasteiger partial charge in [-0.25, -0.2) is 0 Å². The highest BCUT2D eigenvalue weighted by Crippen LogP contribution is 2.21. The van der Waals surface area contributed by atoms with Crippen LogP contribution in [0.3, 0.4) is 0 Å². The molecule has 2 rings (SSSR count). The second kappa shape index (κ2) is 5.03. The molecule has 0 aliphatic heterocycles. The fourth-order valence-electron chi connectivity index (χ4n) is 1.70. The Bertz CT molecular complexity index is 637. The summed E-state index contributed by atoms with van der Waals surface area (Å²) in [7, 11) is 0. The lowest BCUT2D eigenvalue weighted by Crippen LogP contribution is -2.13. The SMILES string of the molecule is Cc1cscc1C(=O)Nc1cccc(C)c1C#N. The zero-order valence-corrected chi connectivity index (χ0v) is 11.0. The molecule has 1 N–H and O–H groups in total. The van der Waals surface area contributed by atoms with Crippen molar-refractivity contribution in [1.29, 1.82) is 5.26 Å². The summed E-state index contributed by atoms with van der Waals surface area (Å²) in [4.78, 5) is 12.1. The van der Waals surface area contributed by atoms with Crippen LogP contribution in [0, 0.1) is 25.2 Å². The van der Waals surface area contributed by atoms with E-state index in [9.17, 15) is 4.79 Å². The number of nitrogens with zero attached hydrogens (tertiary/aromatic N) is 1. The summed E-state index contributed by atoms with van der Waals surface area (Å²) in [5.74, 6) is -0.171. The van der Waals surface area contributed by atoms with E-state index in [-0.39, 0.29) is 5.91 Å². The maximum atomic E-state index is 12.1. The number of nitrogens with one attached hydrogen (secondary N) is 1. The van der Waals surface area contributed by atoms with E-state index in [1.807, 2.05) is 36.7 Å². The first kappa shape index (κ1) is 12.3. The quantitative estimate of drug-likeness (QED) is 0.894. The molecule has 4 heteroatoms. The topological polar surface area (TPSA) is 52.9 Å². The molecular weight excluding hydrogens is 244 g/mol. The summed E-state index contributed by atoms with van der Waals surface area (Å²) < 4.78 is 0. The average molecular weight is 256 g/mol. The molecule has 0 unspecified atom stereocenters. The first-order valence-electron chi connectivity index (χ1n) is 5.47. The maximum absolute atomic E-state index is 12.1. The van der Waals surface area contributed by atoms with E-state index in [0.717, 1.165) is 11.1 Å². The molecule has 0 saturated carbocycles. The molecule has 0 radical (unpaired) electrons. The highest BCUT2D eigenvalue weighted by molar-refractivity contribution is 7.08. The number of aryl methyl sites for hydroxylation is 2. The van der Waals surface area contributed by atoms with Crippen LogP contribution in [0.15, 0.2) is 29.0 Å². The van der Waals surface area contributed by atoms with Gasteiger partial charge in [-0.2, -0.15) is 16.6 Å². The highest BCUT2D eigenvalue weighted by atomic mass is 32.1. The van der Waals surface area contributed by atoms with Gasteiger partial charge >= 0.3 is 0 Å². The number of rotatable bonds is 2. The van der Waals surface area contributed by atoms with E-state index in [2.05, 4.69) is 11.4 Å². The number of anilines is 1. The number of amides is 1. The number of carbonyl (C=O) groups excluding carboxylic acids is 1. The monoisotopic (exact) mass is 256 g/mol. The Kier molecular flexibility index (Phi) is 3.45. The molecule has 2 aromatic rings. The van der Waals surface area contributed by atoms with Crippen molar-refractivity contribution in [2.24, 2.45) is 0 Å². The summed E-state index contributed by atoms with van der Waals surface area (Å²) in [6.45, 7) is 3.75. The zero-order valence-electron chi connectivity index (χ0n) is 10.2. The van der Waals surface area contributed by atoms with Crippen molar-refractivity contribution in [3.8, 4) is 6.07 Å². The molecule has 1 amide bonds. The summed E-state index contributed by atoms with van der Waals surface area (Å²) in [5.41, 5.74) is 3.54. The van der Waals surface area contributed by atoms with E-state index in [0.29, 0.717) is 16.8 Å². The van der Waals surface area contributed by atoms with E-state index in [1.165, 1.54) is 11.3 Å². The Labute approximate surface area is 110 Å². The number of benzene rings is 1. The van der Waals surface area contributed by atoms with E-state index >= 15 is 0 Å². The van der Waals surface area contributed by atoms with Crippen LogP contribution in [-0.4, -0.2) is 5.91 Å². The molecule has 0 atom stereocenters. The van der Waals surface area contributed by atoms with Gasteiger partial charge < -0.3 is 5.32 Å². The molecule has 0 bridgehead atoms. The standard InChI is InChI=1S/C14H12N2OS/c1-9-4-3-5-13(11(9)6-15)16-14(17)12-8-18-7-10(12)2/h3-5,7-8H,1-2H3,(H,16,17). The fourth-order valence-corrected chi connectivity index (χ4v) is 2.53. The molecule has 3 nitrogen and oxygen atoms in total. The smallest absolute Gasteiger partial charge is 0.256 e. The second-order valence-electron chi connectivity index (χ2n) is 4.03. The minimum atomic E-state index is -0.171. The predicted molar refractivity (Wildman–Crippen MR) is 72.9 cm³/mol. The van der Waals surface area contributed by atoms with Gasteiger partial charge in [-0.1, -0.05) is 12.1 Å². The number of hydrogen-bond acceptors (Lipinski definition) is 3. The van der Waals surface area contributed by atoms with Crippen molar-refractivity contribution in [1.82, 2.24) is 0 Å². The Morgan fingerprint density at radius 2 is 2.06 bits per heavy atom. The predicted octanol–water partition coefficient (Wildman–Crippen LogP) is 3.49. The minimum absolute atomic E-state index is 0.171. The first-order chi connectivity index (χ1) is 8.63. The lowest BCUT2D eigenvalue weighted by Gasteiger charge is -2.08. The van der Waals surface area contributed by atoms with Gasteiger partial charge in [0.05, 0.1) is 16.8 Å². The van der Waals surface area contributed by atoms with Gasteiger partial charge in [0.2, 0.25) is 0 Å². The maximum Gasteiger partial charge on any atom is 0.256 e. The van der Waals surface area contributed by atoms with Crippen molar-refractivity contribution < 1.29 is 4.79 Å². The summed E-state index contributed by atoms with van der Waals surface area (Å²) >= 11 is 1.49. The summed E-state index contributed by atoms with van der Waals surface area (Å²) in [5, 5.41) is 15.6. The van der Waals surface area contributed by atoms with E-state index < -0.39 is 0 Å². The van der Waals surface area contributed by atoms with Crippen LogP contribution in [0.4, 0.5) is 5.69 Å². The number of thiophene rings is 1. The van der Waals surface area contributed by atoms with Crippen LogP contribution in [-0.2, 0) is 0 Å². The third-order valence-electron chi connectivity index (χ3n) is 2.73. The first-order valence-corrected chi connectivity index (χ1v) is 6.41. The van der Waals surface area contributed by atoms with Crippen molar-refractivity contribution in [2.75, 3.05) is 5.32 Å². The van der Waals surface area contributed by atoms with Crippen molar-refractivity contribution >= 4 is 22.9 Å². The Balaban J connectivity index is 2.31. The van der Waals surface area contributed by atoms with Crippen LogP contribution >= 0.6 is 11.3 Å². The molecule has 0 aliphatic carbocycles. The lowest BCUT2D eigenvalue weighted by molar-refractivity contribution is 0.102. The molecule has 0 spiro atoms. The Hall–Kier alpha value is -2.12.